The first-order chi connectivity index (χ1) is 5.52. The Hall–Kier alpha value is -1.42. The minimum absolute atomic E-state index is 0.136. The van der Waals surface area contributed by atoms with E-state index in [9.17, 15) is 0 Å². The van der Waals surface area contributed by atoms with E-state index in [4.69, 9.17) is 10.5 Å². The van der Waals surface area contributed by atoms with Crippen LogP contribution >= 0.6 is 0 Å². The van der Waals surface area contributed by atoms with Crippen molar-refractivity contribution in [3.05, 3.63) is 0 Å². The molecule has 0 aromatic rings. The van der Waals surface area contributed by atoms with Crippen LogP contribution in [0.2, 0.25) is 0 Å². The number of azo groups is 1. The van der Waals surface area contributed by atoms with Crippen LogP contribution in [0.25, 0.3) is 0 Å². The van der Waals surface area contributed by atoms with Crippen molar-refractivity contribution >= 4 is 0 Å². The van der Waals surface area contributed by atoms with Crippen LogP contribution in [0.1, 0.15) is 20.8 Å². The third-order valence-corrected chi connectivity index (χ3v) is 1.17. The van der Waals surface area contributed by atoms with E-state index in [0.29, 0.717) is 6.54 Å². The Bertz CT molecular complexity index is 241. The van der Waals surface area contributed by atoms with E-state index in [2.05, 4.69) is 10.2 Å². The summed E-state index contributed by atoms with van der Waals surface area (Å²) in [7, 11) is 0. The molecule has 0 saturated carbocycles. The van der Waals surface area contributed by atoms with Gasteiger partial charge in [-0.1, -0.05) is 0 Å². The molecule has 0 spiro atoms. The van der Waals surface area contributed by atoms with Crippen LogP contribution < -0.4 is 0 Å². The molecule has 12 heavy (non-hydrogen) atoms. The van der Waals surface area contributed by atoms with Crippen molar-refractivity contribution in [3.63, 3.8) is 0 Å². The van der Waals surface area contributed by atoms with E-state index >= 15 is 0 Å². The van der Waals surface area contributed by atoms with Gasteiger partial charge in [0.2, 0.25) is 0 Å². The van der Waals surface area contributed by atoms with Crippen LogP contribution in [0.5, 0.6) is 0 Å². The molecule has 0 amide bonds. The van der Waals surface area contributed by atoms with E-state index in [1.54, 1.807) is 20.8 Å². The fraction of sp³-hybridized carbons (Fsp3) is 0.750. The maximum Gasteiger partial charge on any atom is 0.161 e. The van der Waals surface area contributed by atoms with Crippen LogP contribution in [0, 0.1) is 28.6 Å². The van der Waals surface area contributed by atoms with Gasteiger partial charge in [-0.2, -0.15) is 20.8 Å². The quantitative estimate of drug-likeness (QED) is 0.597. The molecule has 0 rings (SSSR count). The van der Waals surface area contributed by atoms with Gasteiger partial charge in [-0.05, 0) is 20.8 Å². The zero-order valence-corrected chi connectivity index (χ0v) is 7.57. The molecule has 0 heterocycles. The largest absolute Gasteiger partial charge is 0.198 e. The molecule has 0 saturated heterocycles. The highest BCUT2D eigenvalue weighted by atomic mass is 15.1. The second-order valence-corrected chi connectivity index (χ2v) is 3.12. The van der Waals surface area contributed by atoms with E-state index in [0.717, 1.165) is 0 Å². The SMILES string of the molecule is CC(C#N)CN=NC(C)(C)C#N. The Morgan fingerprint density at radius 2 is 2.00 bits per heavy atom. The summed E-state index contributed by atoms with van der Waals surface area (Å²) in [6.45, 7) is 5.47. The Labute approximate surface area is 72.5 Å². The topological polar surface area (TPSA) is 72.3 Å². The predicted molar refractivity (Wildman–Crippen MR) is 44.2 cm³/mol. The first kappa shape index (κ1) is 10.6. The van der Waals surface area contributed by atoms with Crippen LogP contribution in [0.15, 0.2) is 10.2 Å². The molecule has 1 unspecified atom stereocenters. The third kappa shape index (κ3) is 4.40. The average Bonchev–Trinajstić information content (AvgIpc) is 2.04. The molecule has 0 aliphatic rings. The van der Waals surface area contributed by atoms with Crippen molar-refractivity contribution in [2.24, 2.45) is 16.1 Å². The highest BCUT2D eigenvalue weighted by Crippen LogP contribution is 2.07. The van der Waals surface area contributed by atoms with Gasteiger partial charge in [-0.3, -0.25) is 0 Å². The second kappa shape index (κ2) is 4.46. The zero-order chi connectivity index (χ0) is 9.61. The van der Waals surface area contributed by atoms with Gasteiger partial charge in [-0.15, -0.1) is 0 Å². The van der Waals surface area contributed by atoms with Gasteiger partial charge in [0.05, 0.1) is 24.6 Å². The molecule has 0 N–H and O–H groups in total. The van der Waals surface area contributed by atoms with Crippen LogP contribution in [0.4, 0.5) is 0 Å². The molecule has 0 aromatic heterocycles. The molecule has 1 atom stereocenters. The van der Waals surface area contributed by atoms with E-state index in [1.165, 1.54) is 0 Å². The molecular weight excluding hydrogens is 152 g/mol. The molecule has 0 fully saturated rings. The fourth-order valence-corrected chi connectivity index (χ4v) is 0.403. The molecular formula is C8H12N4. The van der Waals surface area contributed by atoms with Crippen LogP contribution in [-0.2, 0) is 0 Å². The summed E-state index contributed by atoms with van der Waals surface area (Å²) in [5.74, 6) is -0.136. The lowest BCUT2D eigenvalue weighted by Crippen LogP contribution is -2.12. The van der Waals surface area contributed by atoms with Crippen molar-refractivity contribution in [2.75, 3.05) is 6.54 Å². The monoisotopic (exact) mass is 164 g/mol. The third-order valence-electron chi connectivity index (χ3n) is 1.17. The highest BCUT2D eigenvalue weighted by molar-refractivity contribution is 4.99. The molecule has 0 aliphatic heterocycles. The van der Waals surface area contributed by atoms with E-state index in [1.807, 2.05) is 12.1 Å². The number of nitriles is 2. The molecule has 4 heteroatoms. The lowest BCUT2D eigenvalue weighted by molar-refractivity contribution is 0.593. The summed E-state index contributed by atoms with van der Waals surface area (Å²) in [5.41, 5.74) is -0.769. The summed E-state index contributed by atoms with van der Waals surface area (Å²) < 4.78 is 0. The maximum absolute atomic E-state index is 8.55. The summed E-state index contributed by atoms with van der Waals surface area (Å²) in [4.78, 5) is 0. The summed E-state index contributed by atoms with van der Waals surface area (Å²) >= 11 is 0. The van der Waals surface area contributed by atoms with Gasteiger partial charge < -0.3 is 0 Å². The lowest BCUT2D eigenvalue weighted by atomic mass is 10.1. The van der Waals surface area contributed by atoms with Gasteiger partial charge in [0.25, 0.3) is 0 Å². The van der Waals surface area contributed by atoms with E-state index in [-0.39, 0.29) is 5.92 Å². The first-order valence-electron chi connectivity index (χ1n) is 3.71. The lowest BCUT2D eigenvalue weighted by Gasteiger charge is -2.05. The first-order valence-corrected chi connectivity index (χ1v) is 3.71. The van der Waals surface area contributed by atoms with Crippen LogP contribution in [-0.4, -0.2) is 12.1 Å². The minimum Gasteiger partial charge on any atom is -0.198 e. The molecule has 0 aromatic carbocycles. The standard InChI is InChI=1S/C8H12N4/c1-7(4-9)5-11-12-8(2,3)6-10/h7H,5H2,1-3H3. The number of hydrogen-bond acceptors (Lipinski definition) is 4. The summed E-state index contributed by atoms with van der Waals surface area (Å²) in [5, 5.41) is 24.5. The molecule has 64 valence electrons. The number of rotatable bonds is 3. The second-order valence-electron chi connectivity index (χ2n) is 3.12. The molecule has 0 aliphatic carbocycles. The zero-order valence-electron chi connectivity index (χ0n) is 7.57. The Kier molecular flexibility index (Phi) is 3.93. The average molecular weight is 164 g/mol. The van der Waals surface area contributed by atoms with E-state index < -0.39 is 5.54 Å². The number of nitrogens with zero attached hydrogens (tertiary/aromatic N) is 4. The van der Waals surface area contributed by atoms with Gasteiger partial charge in [0.15, 0.2) is 5.54 Å². The van der Waals surface area contributed by atoms with Crippen molar-refractivity contribution in [3.8, 4) is 12.1 Å². The van der Waals surface area contributed by atoms with Crippen molar-refractivity contribution < 1.29 is 0 Å². The summed E-state index contributed by atoms with van der Waals surface area (Å²) in [6.07, 6.45) is 0. The van der Waals surface area contributed by atoms with Gasteiger partial charge in [0.1, 0.15) is 0 Å². The Morgan fingerprint density at radius 3 is 2.42 bits per heavy atom. The smallest absolute Gasteiger partial charge is 0.161 e. The maximum atomic E-state index is 8.55. The predicted octanol–water partition coefficient (Wildman–Crippen LogP) is 1.90. The van der Waals surface area contributed by atoms with Crippen molar-refractivity contribution in [1.29, 1.82) is 10.5 Å². The minimum atomic E-state index is -0.769. The molecule has 4 nitrogen and oxygen atoms in total. The van der Waals surface area contributed by atoms with Gasteiger partial charge >= 0.3 is 0 Å². The van der Waals surface area contributed by atoms with Crippen LogP contribution in [0.3, 0.4) is 0 Å². The highest BCUT2D eigenvalue weighted by Gasteiger charge is 2.13. The Balaban J connectivity index is 3.96. The van der Waals surface area contributed by atoms with Crippen molar-refractivity contribution in [2.45, 2.75) is 26.3 Å². The van der Waals surface area contributed by atoms with Gasteiger partial charge in [0, 0.05) is 0 Å². The molecule has 0 bridgehead atoms. The normalized spacial score (nSPS) is 13.8. The molecule has 0 radical (unpaired) electrons. The van der Waals surface area contributed by atoms with Gasteiger partial charge in [-0.25, -0.2) is 0 Å². The van der Waals surface area contributed by atoms with Crippen molar-refractivity contribution in [1.82, 2.24) is 0 Å². The fourth-order valence-electron chi connectivity index (χ4n) is 0.403. The Morgan fingerprint density at radius 1 is 1.42 bits per heavy atom. The number of hydrogen-bond donors (Lipinski definition) is 0. The summed E-state index contributed by atoms with van der Waals surface area (Å²) in [6, 6.07) is 4.02.